The highest BCUT2D eigenvalue weighted by molar-refractivity contribution is 7.17. The number of halogens is 1. The zero-order valence-electron chi connectivity index (χ0n) is 14.5. The third kappa shape index (κ3) is 3.45. The second-order valence-electron chi connectivity index (χ2n) is 5.79. The topological polar surface area (TPSA) is 92.8 Å². The summed E-state index contributed by atoms with van der Waals surface area (Å²) in [7, 11) is 0. The highest BCUT2D eigenvalue weighted by atomic mass is 32.1. The molecule has 138 valence electrons. The van der Waals surface area contributed by atoms with E-state index < -0.39 is 0 Å². The first-order valence-corrected chi connectivity index (χ1v) is 9.31. The van der Waals surface area contributed by atoms with Gasteiger partial charge in [-0.05, 0) is 25.1 Å². The smallest absolute Gasteiger partial charge is 0.339 e. The van der Waals surface area contributed by atoms with Gasteiger partial charge in [-0.15, -0.1) is 11.3 Å². The van der Waals surface area contributed by atoms with Crippen LogP contribution in [0.25, 0.3) is 21.3 Å². The van der Waals surface area contributed by atoms with Crippen LogP contribution in [0, 0.1) is 5.82 Å². The van der Waals surface area contributed by atoms with Gasteiger partial charge in [0.05, 0.1) is 28.6 Å². The quantitative estimate of drug-likeness (QED) is 0.493. The van der Waals surface area contributed by atoms with E-state index in [1.165, 1.54) is 29.8 Å². The molecule has 7 nitrogen and oxygen atoms in total. The molecule has 9 heteroatoms. The number of carbonyl (C=O) groups is 1. The Hall–Kier alpha value is -3.07. The molecule has 0 aliphatic heterocycles. The number of nitrogens with zero attached hydrogens (tertiary/aromatic N) is 3. The summed E-state index contributed by atoms with van der Waals surface area (Å²) in [5, 5.41) is 5.62. The number of thiophene rings is 1. The molecule has 4 aromatic rings. The molecular formula is C18H16FN5O2S. The fourth-order valence-electron chi connectivity index (χ4n) is 2.82. The van der Waals surface area contributed by atoms with E-state index in [2.05, 4.69) is 25.3 Å². The average molecular weight is 385 g/mol. The zero-order valence-corrected chi connectivity index (χ0v) is 15.3. The summed E-state index contributed by atoms with van der Waals surface area (Å²) in [6, 6.07) is 4.45. The number of H-pyrrole nitrogens is 1. The Morgan fingerprint density at radius 1 is 1.37 bits per heavy atom. The van der Waals surface area contributed by atoms with Crippen LogP contribution < -0.4 is 5.32 Å². The molecule has 1 aromatic carbocycles. The fraction of sp³-hybridized carbons (Fsp3) is 0.222. The van der Waals surface area contributed by atoms with Crippen LogP contribution in [-0.2, 0) is 11.2 Å². The van der Waals surface area contributed by atoms with Crippen molar-refractivity contribution in [2.24, 2.45) is 0 Å². The Labute approximate surface area is 157 Å². The molecule has 0 aliphatic rings. The van der Waals surface area contributed by atoms with Crippen LogP contribution in [-0.4, -0.2) is 39.1 Å². The minimum absolute atomic E-state index is 0.303. The van der Waals surface area contributed by atoms with Crippen molar-refractivity contribution in [2.75, 3.05) is 18.5 Å². The van der Waals surface area contributed by atoms with E-state index in [1.54, 1.807) is 18.4 Å². The molecule has 0 fully saturated rings. The predicted octanol–water partition coefficient (Wildman–Crippen LogP) is 3.54. The van der Waals surface area contributed by atoms with E-state index in [0.29, 0.717) is 41.9 Å². The summed E-state index contributed by atoms with van der Waals surface area (Å²) in [5.41, 5.74) is 1.84. The predicted molar refractivity (Wildman–Crippen MR) is 102 cm³/mol. The maximum Gasteiger partial charge on any atom is 0.339 e. The van der Waals surface area contributed by atoms with E-state index in [9.17, 15) is 9.18 Å². The van der Waals surface area contributed by atoms with Gasteiger partial charge in [-0.1, -0.05) is 0 Å². The van der Waals surface area contributed by atoms with Crippen LogP contribution in [0.3, 0.4) is 0 Å². The third-order valence-electron chi connectivity index (χ3n) is 4.01. The lowest BCUT2D eigenvalue weighted by Gasteiger charge is -2.07. The normalized spacial score (nSPS) is 11.2. The first-order valence-electron chi connectivity index (χ1n) is 8.43. The van der Waals surface area contributed by atoms with Crippen LogP contribution in [0.4, 0.5) is 10.2 Å². The number of carbonyl (C=O) groups excluding carboxylic acids is 1. The van der Waals surface area contributed by atoms with E-state index in [1.807, 2.05) is 0 Å². The molecule has 4 rings (SSSR count). The summed E-state index contributed by atoms with van der Waals surface area (Å²) in [6.07, 6.45) is 2.04. The molecule has 3 heterocycles. The number of anilines is 1. The van der Waals surface area contributed by atoms with Crippen molar-refractivity contribution in [3.63, 3.8) is 0 Å². The molecule has 0 bridgehead atoms. The van der Waals surface area contributed by atoms with E-state index in [0.717, 1.165) is 16.2 Å². The molecule has 0 unspecified atom stereocenters. The first-order chi connectivity index (χ1) is 13.2. The number of hydrogen-bond donors (Lipinski definition) is 2. The third-order valence-corrected chi connectivity index (χ3v) is 4.90. The maximum atomic E-state index is 13.3. The number of ether oxygens (including phenoxy) is 1. The molecule has 0 amide bonds. The monoisotopic (exact) mass is 385 g/mol. The summed E-state index contributed by atoms with van der Waals surface area (Å²) in [4.78, 5) is 28.9. The van der Waals surface area contributed by atoms with Crippen molar-refractivity contribution in [3.05, 3.63) is 47.1 Å². The average Bonchev–Trinajstić information content (AvgIpc) is 3.25. The summed E-state index contributed by atoms with van der Waals surface area (Å²) >= 11 is 1.37. The van der Waals surface area contributed by atoms with Crippen molar-refractivity contribution < 1.29 is 13.9 Å². The van der Waals surface area contributed by atoms with Crippen LogP contribution in [0.15, 0.2) is 29.9 Å². The molecule has 0 radical (unpaired) electrons. The summed E-state index contributed by atoms with van der Waals surface area (Å²) in [6.45, 7) is 2.60. The zero-order chi connectivity index (χ0) is 18.8. The van der Waals surface area contributed by atoms with Crippen LogP contribution in [0.2, 0.25) is 0 Å². The Balaban J connectivity index is 1.52. The number of aromatic amines is 1. The number of aromatic nitrogens is 4. The maximum absolute atomic E-state index is 13.3. The van der Waals surface area contributed by atoms with Crippen LogP contribution >= 0.6 is 11.3 Å². The molecule has 0 aliphatic carbocycles. The highest BCUT2D eigenvalue weighted by Crippen LogP contribution is 2.29. The molecule has 0 atom stereocenters. The lowest BCUT2D eigenvalue weighted by molar-refractivity contribution is 0.0529. The number of imidazole rings is 1. The molecule has 2 N–H and O–H groups in total. The van der Waals surface area contributed by atoms with Crippen LogP contribution in [0.1, 0.15) is 23.1 Å². The molecule has 0 saturated carbocycles. The Morgan fingerprint density at radius 3 is 3.11 bits per heavy atom. The Kier molecular flexibility index (Phi) is 4.68. The van der Waals surface area contributed by atoms with Gasteiger partial charge in [0.1, 0.15) is 28.6 Å². The highest BCUT2D eigenvalue weighted by Gasteiger charge is 2.18. The molecular weight excluding hydrogens is 369 g/mol. The van der Waals surface area contributed by atoms with Gasteiger partial charge >= 0.3 is 5.97 Å². The number of benzene rings is 1. The van der Waals surface area contributed by atoms with Gasteiger partial charge in [-0.3, -0.25) is 0 Å². The minimum Gasteiger partial charge on any atom is -0.462 e. The van der Waals surface area contributed by atoms with Crippen LogP contribution in [0.5, 0.6) is 0 Å². The van der Waals surface area contributed by atoms with Crippen molar-refractivity contribution >= 4 is 44.4 Å². The van der Waals surface area contributed by atoms with Gasteiger partial charge in [0.15, 0.2) is 0 Å². The first kappa shape index (κ1) is 17.3. The van der Waals surface area contributed by atoms with Gasteiger partial charge in [0, 0.05) is 18.3 Å². The van der Waals surface area contributed by atoms with Gasteiger partial charge in [0.2, 0.25) is 0 Å². The van der Waals surface area contributed by atoms with Crippen molar-refractivity contribution in [1.29, 1.82) is 0 Å². The molecule has 0 spiro atoms. The molecule has 27 heavy (non-hydrogen) atoms. The van der Waals surface area contributed by atoms with Gasteiger partial charge in [-0.25, -0.2) is 24.1 Å². The number of hydrogen-bond acceptors (Lipinski definition) is 7. The van der Waals surface area contributed by atoms with E-state index >= 15 is 0 Å². The van der Waals surface area contributed by atoms with E-state index in [4.69, 9.17) is 4.74 Å². The largest absolute Gasteiger partial charge is 0.462 e. The van der Waals surface area contributed by atoms with Gasteiger partial charge in [0.25, 0.3) is 0 Å². The standard InChI is InChI=1S/C18H16FN5O2S/c1-2-26-18(25)11-8-27-17-15(11)16(21-9-22-17)20-6-5-14-23-12-4-3-10(19)7-13(12)24-14/h3-4,7-9H,2,5-6H2,1H3,(H,23,24)(H,20,21,22). The fourth-order valence-corrected chi connectivity index (χ4v) is 3.70. The second kappa shape index (κ2) is 7.28. The molecule has 3 aromatic heterocycles. The number of esters is 1. The SMILES string of the molecule is CCOC(=O)c1csc2ncnc(NCCc3nc4ccc(F)cc4[nH]3)c12. The number of rotatable bonds is 6. The summed E-state index contributed by atoms with van der Waals surface area (Å²) in [5.74, 6) is 0.625. The van der Waals surface area contributed by atoms with Crippen molar-refractivity contribution in [3.8, 4) is 0 Å². The second-order valence-corrected chi connectivity index (χ2v) is 6.65. The van der Waals surface area contributed by atoms with E-state index in [-0.39, 0.29) is 11.8 Å². The lowest BCUT2D eigenvalue weighted by atomic mass is 10.2. The van der Waals surface area contributed by atoms with Crippen molar-refractivity contribution in [2.45, 2.75) is 13.3 Å². The summed E-state index contributed by atoms with van der Waals surface area (Å²) < 4.78 is 18.4. The minimum atomic E-state index is -0.388. The molecule has 0 saturated heterocycles. The lowest BCUT2D eigenvalue weighted by Crippen LogP contribution is -2.09. The van der Waals surface area contributed by atoms with Gasteiger partial charge in [-0.2, -0.15) is 0 Å². The Bertz CT molecular complexity index is 1120. The Morgan fingerprint density at radius 2 is 2.26 bits per heavy atom. The number of fused-ring (bicyclic) bond motifs is 2. The van der Waals surface area contributed by atoms with Gasteiger partial charge < -0.3 is 15.0 Å². The van der Waals surface area contributed by atoms with Crippen molar-refractivity contribution in [1.82, 2.24) is 19.9 Å². The number of nitrogens with one attached hydrogen (secondary N) is 2.